The minimum absolute atomic E-state index is 0.0386. The predicted octanol–water partition coefficient (Wildman–Crippen LogP) is 5.25. The Morgan fingerprint density at radius 1 is 1.20 bits per heavy atom. The van der Waals surface area contributed by atoms with Crippen LogP contribution in [-0.2, 0) is 0 Å². The molecule has 132 valence electrons. The van der Waals surface area contributed by atoms with Crippen LogP contribution in [0.25, 0.3) is 10.8 Å². The van der Waals surface area contributed by atoms with Crippen LogP contribution >= 0.6 is 34.4 Å². The molecule has 0 saturated heterocycles. The van der Waals surface area contributed by atoms with Crippen molar-refractivity contribution in [3.05, 3.63) is 23.4 Å². The van der Waals surface area contributed by atoms with E-state index in [0.717, 1.165) is 14.3 Å². The van der Waals surface area contributed by atoms with Crippen molar-refractivity contribution in [2.45, 2.75) is 54.7 Å². The van der Waals surface area contributed by atoms with Crippen molar-refractivity contribution in [3.63, 3.8) is 0 Å². The molecule has 3 heterocycles. The Morgan fingerprint density at radius 3 is 2.88 bits per heavy atom. The van der Waals surface area contributed by atoms with Crippen molar-refractivity contribution in [2.24, 2.45) is 0 Å². The number of anilines is 1. The molecule has 0 spiro atoms. The highest BCUT2D eigenvalue weighted by molar-refractivity contribution is 8.01. The first-order chi connectivity index (χ1) is 12.3. The molecule has 1 saturated carbocycles. The first-order valence-electron chi connectivity index (χ1n) is 8.42. The fraction of sp³-hybridized carbons (Fsp3) is 0.500. The molecule has 0 aromatic carbocycles. The lowest BCUT2D eigenvalue weighted by atomic mass is 9.96. The van der Waals surface area contributed by atoms with Gasteiger partial charge in [0.25, 0.3) is 5.89 Å². The maximum atomic E-state index is 5.80. The van der Waals surface area contributed by atoms with Crippen LogP contribution in [0, 0.1) is 0 Å². The highest BCUT2D eigenvalue weighted by Crippen LogP contribution is 2.38. The zero-order valence-corrected chi connectivity index (χ0v) is 16.3. The summed E-state index contributed by atoms with van der Waals surface area (Å²) >= 11 is 4.79. The van der Waals surface area contributed by atoms with Gasteiger partial charge < -0.3 is 9.73 Å². The molecule has 6 nitrogen and oxygen atoms in total. The predicted molar refractivity (Wildman–Crippen MR) is 102 cm³/mol. The van der Waals surface area contributed by atoms with Crippen LogP contribution in [0.3, 0.4) is 0 Å². The van der Waals surface area contributed by atoms with E-state index in [1.807, 2.05) is 24.4 Å². The third kappa shape index (κ3) is 4.21. The Balaban J connectivity index is 1.37. The first kappa shape index (κ1) is 17.0. The molecule has 25 heavy (non-hydrogen) atoms. The van der Waals surface area contributed by atoms with Gasteiger partial charge in [0.1, 0.15) is 0 Å². The van der Waals surface area contributed by atoms with E-state index in [1.165, 1.54) is 32.1 Å². The van der Waals surface area contributed by atoms with E-state index < -0.39 is 0 Å². The van der Waals surface area contributed by atoms with Crippen molar-refractivity contribution in [3.8, 4) is 10.8 Å². The molecule has 9 heteroatoms. The Bertz CT molecular complexity index is 794. The van der Waals surface area contributed by atoms with Crippen molar-refractivity contribution in [2.75, 3.05) is 5.32 Å². The van der Waals surface area contributed by atoms with Gasteiger partial charge in [-0.3, -0.25) is 0 Å². The van der Waals surface area contributed by atoms with Crippen molar-refractivity contribution < 1.29 is 4.42 Å². The summed E-state index contributed by atoms with van der Waals surface area (Å²) in [6.45, 7) is 2.05. The summed E-state index contributed by atoms with van der Waals surface area (Å²) in [5, 5.41) is 23.3. The van der Waals surface area contributed by atoms with Gasteiger partial charge in [-0.25, -0.2) is 0 Å². The van der Waals surface area contributed by atoms with Gasteiger partial charge >= 0.3 is 0 Å². The number of rotatable bonds is 6. The average molecular weight is 394 g/mol. The Morgan fingerprint density at radius 2 is 2.08 bits per heavy atom. The van der Waals surface area contributed by atoms with Gasteiger partial charge in [0.05, 0.1) is 10.1 Å². The normalized spacial score (nSPS) is 16.8. The molecule has 0 aliphatic heterocycles. The van der Waals surface area contributed by atoms with E-state index >= 15 is 0 Å². The van der Waals surface area contributed by atoms with E-state index in [2.05, 4.69) is 25.7 Å². The Labute approximate surface area is 158 Å². The zero-order chi connectivity index (χ0) is 17.1. The number of nitrogens with zero attached hydrogens (tertiary/aromatic N) is 4. The third-order valence-corrected chi connectivity index (χ3v) is 7.02. The van der Waals surface area contributed by atoms with Crippen LogP contribution in [0.1, 0.15) is 50.2 Å². The second kappa shape index (κ2) is 7.84. The summed E-state index contributed by atoms with van der Waals surface area (Å²) in [5.41, 5.74) is 0. The molecule has 3 aromatic rings. The van der Waals surface area contributed by atoms with Crippen LogP contribution in [0.2, 0.25) is 0 Å². The topological polar surface area (TPSA) is 76.7 Å². The zero-order valence-electron chi connectivity index (χ0n) is 13.8. The molecule has 0 radical (unpaired) electrons. The second-order valence-electron chi connectivity index (χ2n) is 6.04. The molecular weight excluding hydrogens is 374 g/mol. The quantitative estimate of drug-likeness (QED) is 0.573. The maximum absolute atomic E-state index is 5.80. The van der Waals surface area contributed by atoms with E-state index in [9.17, 15) is 0 Å². The fourth-order valence-corrected chi connectivity index (χ4v) is 5.48. The van der Waals surface area contributed by atoms with Crippen LogP contribution in [-0.4, -0.2) is 26.4 Å². The van der Waals surface area contributed by atoms with Crippen LogP contribution in [0.15, 0.2) is 26.3 Å². The molecule has 1 fully saturated rings. The molecule has 1 atom stereocenters. The molecule has 1 aliphatic rings. The minimum atomic E-state index is 0.0386. The number of hydrogen-bond acceptors (Lipinski definition) is 9. The summed E-state index contributed by atoms with van der Waals surface area (Å²) in [4.78, 5) is 0.992. The largest absolute Gasteiger partial charge is 0.419 e. The summed E-state index contributed by atoms with van der Waals surface area (Å²) in [6.07, 6.45) is 6.42. The SMILES string of the molecule is C[C@@H](Sc1nnc(NC2CCCCC2)s1)c1nnc(-c2cccs2)o1. The Kier molecular flexibility index (Phi) is 5.33. The number of nitrogens with one attached hydrogen (secondary N) is 1. The third-order valence-electron chi connectivity index (χ3n) is 4.14. The number of thiophene rings is 1. The highest BCUT2D eigenvalue weighted by Gasteiger charge is 2.20. The Hall–Kier alpha value is -1.45. The van der Waals surface area contributed by atoms with Gasteiger partial charge in [-0.05, 0) is 31.2 Å². The molecule has 4 rings (SSSR count). The van der Waals surface area contributed by atoms with Gasteiger partial charge in [-0.2, -0.15) is 0 Å². The molecule has 0 amide bonds. The monoisotopic (exact) mass is 393 g/mol. The van der Waals surface area contributed by atoms with Gasteiger partial charge in [-0.15, -0.1) is 31.7 Å². The maximum Gasteiger partial charge on any atom is 0.257 e. The van der Waals surface area contributed by atoms with Gasteiger partial charge in [-0.1, -0.05) is 48.4 Å². The first-order valence-corrected chi connectivity index (χ1v) is 11.0. The van der Waals surface area contributed by atoms with Gasteiger partial charge in [0.15, 0.2) is 4.34 Å². The molecule has 1 aliphatic carbocycles. The summed E-state index contributed by atoms with van der Waals surface area (Å²) in [6, 6.07) is 4.50. The fourth-order valence-electron chi connectivity index (χ4n) is 2.84. The van der Waals surface area contributed by atoms with Gasteiger partial charge in [0, 0.05) is 6.04 Å². The standard InChI is InChI=1S/C16H19N5OS3/c1-10(13-18-19-14(22-13)12-8-5-9-23-12)24-16-21-20-15(25-16)17-11-6-3-2-4-7-11/h5,8-11H,2-4,6-7H2,1H3,(H,17,20)/t10-/m1/s1. The lowest BCUT2D eigenvalue weighted by Gasteiger charge is -2.21. The van der Waals surface area contributed by atoms with Gasteiger partial charge in [0.2, 0.25) is 11.0 Å². The molecule has 0 bridgehead atoms. The van der Waals surface area contributed by atoms with Crippen LogP contribution < -0.4 is 5.32 Å². The van der Waals surface area contributed by atoms with Crippen LogP contribution in [0.4, 0.5) is 5.13 Å². The lowest BCUT2D eigenvalue weighted by Crippen LogP contribution is -2.21. The van der Waals surface area contributed by atoms with E-state index in [0.29, 0.717) is 17.8 Å². The molecule has 3 aromatic heterocycles. The van der Waals surface area contributed by atoms with E-state index in [-0.39, 0.29) is 5.25 Å². The number of thioether (sulfide) groups is 1. The average Bonchev–Trinajstić information content (AvgIpc) is 3.37. The number of hydrogen-bond donors (Lipinski definition) is 1. The van der Waals surface area contributed by atoms with Crippen LogP contribution in [0.5, 0.6) is 0 Å². The van der Waals surface area contributed by atoms with Crippen molar-refractivity contribution >= 4 is 39.6 Å². The minimum Gasteiger partial charge on any atom is -0.419 e. The summed E-state index contributed by atoms with van der Waals surface area (Å²) in [7, 11) is 0. The van der Waals surface area contributed by atoms with Crippen molar-refractivity contribution in [1.82, 2.24) is 20.4 Å². The molecule has 0 unspecified atom stereocenters. The smallest absolute Gasteiger partial charge is 0.257 e. The van der Waals surface area contributed by atoms with Crippen molar-refractivity contribution in [1.29, 1.82) is 0 Å². The van der Waals surface area contributed by atoms with E-state index in [4.69, 9.17) is 4.42 Å². The molecule has 1 N–H and O–H groups in total. The summed E-state index contributed by atoms with van der Waals surface area (Å²) < 4.78 is 6.72. The van der Waals surface area contributed by atoms with E-state index in [1.54, 1.807) is 34.4 Å². The second-order valence-corrected chi connectivity index (χ2v) is 9.55. The molecular formula is C16H19N5OS3. The number of aromatic nitrogens is 4. The lowest BCUT2D eigenvalue weighted by molar-refractivity contribution is 0.462. The summed E-state index contributed by atoms with van der Waals surface area (Å²) in [5.74, 6) is 1.19. The highest BCUT2D eigenvalue weighted by atomic mass is 32.2.